The van der Waals surface area contributed by atoms with Gasteiger partial charge in [0, 0.05) is 17.5 Å². The van der Waals surface area contributed by atoms with Gasteiger partial charge in [-0.1, -0.05) is 5.16 Å². The van der Waals surface area contributed by atoms with Crippen LogP contribution in [0.5, 0.6) is 11.5 Å². The molecule has 28 heavy (non-hydrogen) atoms. The zero-order valence-corrected chi connectivity index (χ0v) is 15.7. The maximum atomic E-state index is 12.2. The molecule has 0 radical (unpaired) electrons. The molecule has 144 valence electrons. The van der Waals surface area contributed by atoms with Gasteiger partial charge in [0.25, 0.3) is 5.91 Å². The Kier molecular flexibility index (Phi) is 4.70. The van der Waals surface area contributed by atoms with Crippen molar-refractivity contribution in [1.82, 2.24) is 15.3 Å². The van der Waals surface area contributed by atoms with Crippen molar-refractivity contribution in [3.63, 3.8) is 0 Å². The fourth-order valence-corrected chi connectivity index (χ4v) is 3.87. The van der Waals surface area contributed by atoms with Crippen LogP contribution in [0.1, 0.15) is 27.9 Å². The quantitative estimate of drug-likeness (QED) is 0.347. The molecule has 0 unspecified atom stereocenters. The van der Waals surface area contributed by atoms with Crippen molar-refractivity contribution in [3.8, 4) is 11.5 Å². The summed E-state index contributed by atoms with van der Waals surface area (Å²) in [6.07, 6.45) is 0. The van der Waals surface area contributed by atoms with Crippen LogP contribution in [0.15, 0.2) is 29.4 Å². The van der Waals surface area contributed by atoms with Crippen LogP contribution in [0.3, 0.4) is 0 Å². The third-order valence-electron chi connectivity index (χ3n) is 4.11. The number of hydrogen-bond acceptors (Lipinski definition) is 9. The highest BCUT2D eigenvalue weighted by Gasteiger charge is 2.21. The molecule has 9 nitrogen and oxygen atoms in total. The topological polar surface area (TPSA) is 132 Å². The van der Waals surface area contributed by atoms with Gasteiger partial charge in [0.05, 0.1) is 4.88 Å². The number of ether oxygens (including phenoxy) is 2. The Morgan fingerprint density at radius 3 is 2.82 bits per heavy atom. The summed E-state index contributed by atoms with van der Waals surface area (Å²) < 4.78 is 11.1. The van der Waals surface area contributed by atoms with Gasteiger partial charge in [-0.2, -0.15) is 0 Å². The lowest BCUT2D eigenvalue weighted by atomic mass is 10.0. The average Bonchev–Trinajstić information content (AvgIpc) is 3.13. The molecule has 4 rings (SSSR count). The van der Waals surface area contributed by atoms with Crippen molar-refractivity contribution < 1.29 is 19.5 Å². The van der Waals surface area contributed by atoms with Crippen LogP contribution in [0.25, 0.3) is 10.2 Å². The first-order chi connectivity index (χ1) is 13.6. The minimum atomic E-state index is -0.211. The van der Waals surface area contributed by atoms with Crippen molar-refractivity contribution in [3.05, 3.63) is 40.4 Å². The number of rotatable bonds is 4. The van der Waals surface area contributed by atoms with E-state index in [1.165, 1.54) is 11.3 Å². The van der Waals surface area contributed by atoms with E-state index in [-0.39, 0.29) is 17.6 Å². The normalized spacial score (nSPS) is 13.5. The Morgan fingerprint density at radius 2 is 2.07 bits per heavy atom. The number of oxime groups is 1. The lowest BCUT2D eigenvalue weighted by Crippen LogP contribution is -2.21. The molecule has 0 saturated carbocycles. The van der Waals surface area contributed by atoms with Gasteiger partial charge in [-0.3, -0.25) is 4.79 Å². The predicted molar refractivity (Wildman–Crippen MR) is 105 cm³/mol. The second kappa shape index (κ2) is 7.31. The zero-order chi connectivity index (χ0) is 19.7. The molecule has 4 N–H and O–H groups in total. The highest BCUT2D eigenvalue weighted by molar-refractivity contribution is 7.20. The molecule has 1 aliphatic rings. The lowest BCUT2D eigenvalue weighted by molar-refractivity contribution is 0.0960. The van der Waals surface area contributed by atoms with Crippen LogP contribution in [0.4, 0.5) is 5.95 Å². The monoisotopic (exact) mass is 399 g/mol. The summed E-state index contributed by atoms with van der Waals surface area (Å²) in [7, 11) is 0. The summed E-state index contributed by atoms with van der Waals surface area (Å²) >= 11 is 1.20. The highest BCUT2D eigenvalue weighted by Crippen LogP contribution is 2.33. The number of fused-ring (bicyclic) bond motifs is 2. The van der Waals surface area contributed by atoms with Crippen molar-refractivity contribution in [2.75, 3.05) is 25.5 Å². The molecule has 2 aromatic heterocycles. The van der Waals surface area contributed by atoms with E-state index in [9.17, 15) is 10.0 Å². The van der Waals surface area contributed by atoms with Crippen LogP contribution < -0.4 is 20.5 Å². The Balaban J connectivity index is 1.83. The third-order valence-corrected chi connectivity index (χ3v) is 5.14. The van der Waals surface area contributed by atoms with E-state index in [2.05, 4.69) is 20.4 Å². The fraction of sp³-hybridized carbons (Fsp3) is 0.222. The maximum absolute atomic E-state index is 12.2. The predicted octanol–water partition coefficient (Wildman–Crippen LogP) is 2.02. The number of carbonyl (C=O) groups is 1. The second-order valence-corrected chi connectivity index (χ2v) is 6.96. The van der Waals surface area contributed by atoms with Crippen molar-refractivity contribution >= 4 is 39.1 Å². The Morgan fingerprint density at radius 1 is 1.29 bits per heavy atom. The first-order valence-electron chi connectivity index (χ1n) is 8.58. The van der Waals surface area contributed by atoms with Gasteiger partial charge in [0.15, 0.2) is 11.5 Å². The molecule has 3 heterocycles. The van der Waals surface area contributed by atoms with Crippen LogP contribution in [0, 0.1) is 0 Å². The van der Waals surface area contributed by atoms with E-state index in [0.717, 1.165) is 0 Å². The Labute approximate surface area is 163 Å². The first kappa shape index (κ1) is 18.0. The minimum Gasteiger partial charge on any atom is -0.486 e. The molecule has 0 fully saturated rings. The summed E-state index contributed by atoms with van der Waals surface area (Å²) in [4.78, 5) is 21.7. The van der Waals surface area contributed by atoms with E-state index in [4.69, 9.17) is 15.2 Å². The number of aromatic nitrogens is 2. The molecule has 1 amide bonds. The van der Waals surface area contributed by atoms with E-state index in [0.29, 0.717) is 57.6 Å². The molecule has 0 saturated heterocycles. The standard InChI is InChI=1S/C18H17N5O4S/c1-2-20-16(24)13-8-10-15(21-18(19)22-17(10)28-13)14(23-25)9-3-4-11-12(7-9)27-6-5-26-11/h3-4,7-8,25H,2,5-6H2,1H3,(H,20,24)(H2,19,21,22). The summed E-state index contributed by atoms with van der Waals surface area (Å²) in [5.74, 6) is 0.979. The maximum Gasteiger partial charge on any atom is 0.261 e. The van der Waals surface area contributed by atoms with Gasteiger partial charge in [0.2, 0.25) is 5.95 Å². The van der Waals surface area contributed by atoms with Crippen LogP contribution in [-0.4, -0.2) is 46.6 Å². The number of nitrogens with one attached hydrogen (secondary N) is 1. The number of amides is 1. The SMILES string of the molecule is CCNC(=O)c1cc2c(C(=NO)c3ccc4c(c3)OCCO4)nc(N)nc2s1. The second-order valence-electron chi connectivity index (χ2n) is 5.93. The van der Waals surface area contributed by atoms with Crippen molar-refractivity contribution in [1.29, 1.82) is 0 Å². The number of carbonyl (C=O) groups excluding carboxylic acids is 1. The number of hydrogen-bond donors (Lipinski definition) is 3. The molecular weight excluding hydrogens is 382 g/mol. The molecule has 3 aromatic rings. The van der Waals surface area contributed by atoms with Gasteiger partial charge in [-0.05, 0) is 31.2 Å². The molecule has 0 aliphatic carbocycles. The molecule has 1 aromatic carbocycles. The largest absolute Gasteiger partial charge is 0.486 e. The number of nitrogen functional groups attached to an aromatic ring is 1. The van der Waals surface area contributed by atoms with E-state index in [1.807, 2.05) is 6.92 Å². The first-order valence-corrected chi connectivity index (χ1v) is 9.40. The van der Waals surface area contributed by atoms with Crippen LogP contribution >= 0.6 is 11.3 Å². The van der Waals surface area contributed by atoms with Crippen molar-refractivity contribution in [2.45, 2.75) is 6.92 Å². The van der Waals surface area contributed by atoms with Crippen molar-refractivity contribution in [2.24, 2.45) is 5.16 Å². The lowest BCUT2D eigenvalue weighted by Gasteiger charge is -2.19. The van der Waals surface area contributed by atoms with Gasteiger partial charge < -0.3 is 25.7 Å². The minimum absolute atomic E-state index is 0.0190. The number of thiophene rings is 1. The number of benzene rings is 1. The zero-order valence-electron chi connectivity index (χ0n) is 14.9. The van der Waals surface area contributed by atoms with E-state index < -0.39 is 0 Å². The van der Waals surface area contributed by atoms with E-state index in [1.54, 1.807) is 24.3 Å². The van der Waals surface area contributed by atoms with Gasteiger partial charge in [-0.15, -0.1) is 11.3 Å². The number of nitrogens with zero attached hydrogens (tertiary/aromatic N) is 3. The Hall–Kier alpha value is -3.40. The van der Waals surface area contributed by atoms with Crippen LogP contribution in [-0.2, 0) is 0 Å². The summed E-state index contributed by atoms with van der Waals surface area (Å²) in [5, 5.41) is 16.5. The molecule has 10 heteroatoms. The molecular formula is C18H17N5O4S. The van der Waals surface area contributed by atoms with Gasteiger partial charge >= 0.3 is 0 Å². The number of nitrogens with two attached hydrogens (primary N) is 1. The summed E-state index contributed by atoms with van der Waals surface area (Å²) in [5.41, 5.74) is 6.94. The smallest absolute Gasteiger partial charge is 0.261 e. The molecule has 0 bridgehead atoms. The third kappa shape index (κ3) is 3.18. The molecule has 1 aliphatic heterocycles. The Bertz CT molecular complexity index is 1100. The highest BCUT2D eigenvalue weighted by atomic mass is 32.1. The molecule has 0 spiro atoms. The van der Waals surface area contributed by atoms with Crippen LogP contribution in [0.2, 0.25) is 0 Å². The summed E-state index contributed by atoms with van der Waals surface area (Å²) in [6, 6.07) is 6.86. The average molecular weight is 399 g/mol. The van der Waals surface area contributed by atoms with Gasteiger partial charge in [0.1, 0.15) is 29.4 Å². The van der Waals surface area contributed by atoms with E-state index >= 15 is 0 Å². The fourth-order valence-electron chi connectivity index (χ4n) is 2.91. The number of anilines is 1. The molecule has 0 atom stereocenters. The summed E-state index contributed by atoms with van der Waals surface area (Å²) in [6.45, 7) is 3.27. The van der Waals surface area contributed by atoms with Gasteiger partial charge in [-0.25, -0.2) is 9.97 Å².